The summed E-state index contributed by atoms with van der Waals surface area (Å²) < 4.78 is 5.11. The molecule has 106 valence electrons. The SMILES string of the molecule is C=CC(CCCCCCCCCCC)OC(C)=O. The van der Waals surface area contributed by atoms with E-state index in [0.717, 1.165) is 12.8 Å². The maximum atomic E-state index is 10.8. The first-order valence-corrected chi connectivity index (χ1v) is 7.50. The minimum Gasteiger partial charge on any atom is -0.458 e. The van der Waals surface area contributed by atoms with Crippen LogP contribution in [0.4, 0.5) is 0 Å². The van der Waals surface area contributed by atoms with Crippen LogP contribution >= 0.6 is 0 Å². The van der Waals surface area contributed by atoms with Crippen molar-refractivity contribution >= 4 is 5.97 Å². The summed E-state index contributed by atoms with van der Waals surface area (Å²) in [4.78, 5) is 10.8. The molecule has 0 saturated carbocycles. The summed E-state index contributed by atoms with van der Waals surface area (Å²) in [6, 6.07) is 0. The molecule has 1 atom stereocenters. The zero-order chi connectivity index (χ0) is 13.6. The third kappa shape index (κ3) is 11.7. The van der Waals surface area contributed by atoms with Crippen molar-refractivity contribution in [3.05, 3.63) is 12.7 Å². The third-order valence-corrected chi connectivity index (χ3v) is 3.17. The van der Waals surface area contributed by atoms with Crippen LogP contribution in [0, 0.1) is 0 Å². The van der Waals surface area contributed by atoms with Crippen molar-refractivity contribution in [1.29, 1.82) is 0 Å². The normalized spacial score (nSPS) is 12.1. The highest BCUT2D eigenvalue weighted by Gasteiger charge is 2.06. The summed E-state index contributed by atoms with van der Waals surface area (Å²) in [6.45, 7) is 7.39. The van der Waals surface area contributed by atoms with Crippen LogP contribution in [0.15, 0.2) is 12.7 Å². The van der Waals surface area contributed by atoms with Crippen LogP contribution in [0.2, 0.25) is 0 Å². The van der Waals surface area contributed by atoms with E-state index < -0.39 is 0 Å². The van der Waals surface area contributed by atoms with Crippen LogP contribution in [0.25, 0.3) is 0 Å². The number of esters is 1. The fraction of sp³-hybridized carbons (Fsp3) is 0.812. The molecular formula is C16H30O2. The van der Waals surface area contributed by atoms with Gasteiger partial charge in [-0.1, -0.05) is 70.9 Å². The maximum Gasteiger partial charge on any atom is 0.303 e. The molecule has 0 aromatic heterocycles. The number of hydrogen-bond donors (Lipinski definition) is 0. The molecule has 0 N–H and O–H groups in total. The number of carbonyl (C=O) groups is 1. The highest BCUT2D eigenvalue weighted by Crippen LogP contribution is 2.12. The molecule has 2 nitrogen and oxygen atoms in total. The van der Waals surface area contributed by atoms with Gasteiger partial charge < -0.3 is 4.74 Å². The van der Waals surface area contributed by atoms with Crippen LogP contribution in [-0.4, -0.2) is 12.1 Å². The number of rotatable bonds is 12. The Hall–Kier alpha value is -0.790. The van der Waals surface area contributed by atoms with Gasteiger partial charge in [-0.3, -0.25) is 4.79 Å². The summed E-state index contributed by atoms with van der Waals surface area (Å²) in [5.41, 5.74) is 0. The summed E-state index contributed by atoms with van der Waals surface area (Å²) in [5, 5.41) is 0. The molecule has 0 rings (SSSR count). The van der Waals surface area contributed by atoms with E-state index in [4.69, 9.17) is 4.74 Å². The Kier molecular flexibility index (Phi) is 12.1. The maximum absolute atomic E-state index is 10.8. The van der Waals surface area contributed by atoms with Crippen LogP contribution in [0.3, 0.4) is 0 Å². The lowest BCUT2D eigenvalue weighted by Gasteiger charge is -2.12. The molecule has 0 aliphatic carbocycles. The first kappa shape index (κ1) is 17.2. The Morgan fingerprint density at radius 3 is 2.00 bits per heavy atom. The average molecular weight is 254 g/mol. The van der Waals surface area contributed by atoms with E-state index in [1.165, 1.54) is 58.3 Å². The van der Waals surface area contributed by atoms with E-state index in [-0.39, 0.29) is 12.1 Å². The molecular weight excluding hydrogens is 224 g/mol. The van der Waals surface area contributed by atoms with E-state index in [1.807, 2.05) is 0 Å². The van der Waals surface area contributed by atoms with Gasteiger partial charge in [-0.2, -0.15) is 0 Å². The molecule has 0 saturated heterocycles. The van der Waals surface area contributed by atoms with Gasteiger partial charge >= 0.3 is 5.97 Å². The zero-order valence-corrected chi connectivity index (χ0v) is 12.2. The lowest BCUT2D eigenvalue weighted by molar-refractivity contribution is -0.144. The lowest BCUT2D eigenvalue weighted by Crippen LogP contribution is -2.13. The Morgan fingerprint density at radius 1 is 1.06 bits per heavy atom. The highest BCUT2D eigenvalue weighted by atomic mass is 16.5. The van der Waals surface area contributed by atoms with Crippen molar-refractivity contribution in [1.82, 2.24) is 0 Å². The zero-order valence-electron chi connectivity index (χ0n) is 12.2. The second-order valence-corrected chi connectivity index (χ2v) is 5.00. The smallest absolute Gasteiger partial charge is 0.303 e. The van der Waals surface area contributed by atoms with Gasteiger partial charge in [0.25, 0.3) is 0 Å². The standard InChI is InChI=1S/C16H30O2/c1-4-6-7-8-9-10-11-12-13-14-16(5-2)18-15(3)17/h5,16H,2,4,6-14H2,1,3H3. The molecule has 18 heavy (non-hydrogen) atoms. The van der Waals surface area contributed by atoms with Crippen molar-refractivity contribution in [2.45, 2.75) is 84.2 Å². The van der Waals surface area contributed by atoms with Crippen LogP contribution in [0.5, 0.6) is 0 Å². The molecule has 1 unspecified atom stereocenters. The van der Waals surface area contributed by atoms with Crippen molar-refractivity contribution < 1.29 is 9.53 Å². The van der Waals surface area contributed by atoms with Gasteiger partial charge in [0, 0.05) is 6.92 Å². The quantitative estimate of drug-likeness (QED) is 0.277. The summed E-state index contributed by atoms with van der Waals surface area (Å²) in [7, 11) is 0. The molecule has 0 aliphatic heterocycles. The molecule has 0 aromatic rings. The minimum absolute atomic E-state index is 0.0907. The Bertz CT molecular complexity index is 211. The van der Waals surface area contributed by atoms with Crippen molar-refractivity contribution in [3.8, 4) is 0 Å². The number of carbonyl (C=O) groups excluding carboxylic acids is 1. The van der Waals surface area contributed by atoms with E-state index >= 15 is 0 Å². The van der Waals surface area contributed by atoms with Crippen molar-refractivity contribution in [2.75, 3.05) is 0 Å². The number of unbranched alkanes of at least 4 members (excludes halogenated alkanes) is 8. The number of ether oxygens (including phenoxy) is 1. The van der Waals surface area contributed by atoms with E-state index in [0.29, 0.717) is 0 Å². The van der Waals surface area contributed by atoms with Gasteiger partial charge in [-0.05, 0) is 12.8 Å². The van der Waals surface area contributed by atoms with Gasteiger partial charge in [-0.15, -0.1) is 0 Å². The van der Waals surface area contributed by atoms with Gasteiger partial charge in [0.2, 0.25) is 0 Å². The van der Waals surface area contributed by atoms with Crippen LogP contribution in [-0.2, 0) is 9.53 Å². The molecule has 2 heteroatoms. The van der Waals surface area contributed by atoms with Gasteiger partial charge in [0.1, 0.15) is 6.10 Å². The first-order valence-electron chi connectivity index (χ1n) is 7.50. The predicted octanol–water partition coefficient (Wildman–Crippen LogP) is 5.03. The van der Waals surface area contributed by atoms with Gasteiger partial charge in [-0.25, -0.2) is 0 Å². The second-order valence-electron chi connectivity index (χ2n) is 5.00. The Morgan fingerprint density at radius 2 is 1.56 bits per heavy atom. The van der Waals surface area contributed by atoms with Crippen molar-refractivity contribution in [3.63, 3.8) is 0 Å². The van der Waals surface area contributed by atoms with Gasteiger partial charge in [0.15, 0.2) is 0 Å². The average Bonchev–Trinajstić information content (AvgIpc) is 2.35. The number of hydrogen-bond acceptors (Lipinski definition) is 2. The van der Waals surface area contributed by atoms with E-state index in [1.54, 1.807) is 6.08 Å². The van der Waals surface area contributed by atoms with Crippen LogP contribution in [0.1, 0.15) is 78.1 Å². The molecule has 0 fully saturated rings. The molecule has 0 amide bonds. The molecule has 0 radical (unpaired) electrons. The molecule has 0 spiro atoms. The second kappa shape index (κ2) is 12.7. The van der Waals surface area contributed by atoms with Crippen molar-refractivity contribution in [2.24, 2.45) is 0 Å². The van der Waals surface area contributed by atoms with E-state index in [9.17, 15) is 4.79 Å². The minimum atomic E-state index is -0.212. The van der Waals surface area contributed by atoms with E-state index in [2.05, 4.69) is 13.5 Å². The molecule has 0 bridgehead atoms. The Balaban J connectivity index is 3.28. The summed E-state index contributed by atoms with van der Waals surface area (Å²) >= 11 is 0. The fourth-order valence-corrected chi connectivity index (χ4v) is 2.09. The topological polar surface area (TPSA) is 26.3 Å². The fourth-order valence-electron chi connectivity index (χ4n) is 2.09. The largest absolute Gasteiger partial charge is 0.458 e. The summed E-state index contributed by atoms with van der Waals surface area (Å²) in [5.74, 6) is -0.212. The first-order chi connectivity index (χ1) is 8.70. The molecule has 0 aliphatic rings. The monoisotopic (exact) mass is 254 g/mol. The molecule has 0 aromatic carbocycles. The highest BCUT2D eigenvalue weighted by molar-refractivity contribution is 5.66. The molecule has 0 heterocycles. The van der Waals surface area contributed by atoms with Gasteiger partial charge in [0.05, 0.1) is 0 Å². The summed E-state index contributed by atoms with van der Waals surface area (Å²) in [6.07, 6.45) is 14.4. The van der Waals surface area contributed by atoms with Crippen LogP contribution < -0.4 is 0 Å². The predicted molar refractivity (Wildman–Crippen MR) is 77.6 cm³/mol. The Labute approximate surface area is 113 Å². The third-order valence-electron chi connectivity index (χ3n) is 3.17. The lowest BCUT2D eigenvalue weighted by atomic mass is 10.1.